The highest BCUT2D eigenvalue weighted by atomic mass is 35.5. The van der Waals surface area contributed by atoms with Crippen LogP contribution in [-0.4, -0.2) is 25.2 Å². The summed E-state index contributed by atoms with van der Waals surface area (Å²) in [5.74, 6) is 1.31. The molecule has 1 aromatic rings. The van der Waals surface area contributed by atoms with Crippen LogP contribution in [0.5, 0.6) is 11.5 Å². The Balaban J connectivity index is 0.00000242. The van der Waals surface area contributed by atoms with Gasteiger partial charge in [-0.3, -0.25) is 4.79 Å². The maximum atomic E-state index is 11.5. The number of methoxy groups -OCH3 is 1. The van der Waals surface area contributed by atoms with Gasteiger partial charge >= 0.3 is 0 Å². The van der Waals surface area contributed by atoms with Crippen LogP contribution in [0.2, 0.25) is 0 Å². The van der Waals surface area contributed by atoms with E-state index in [1.165, 1.54) is 12.8 Å². The van der Waals surface area contributed by atoms with Crippen molar-refractivity contribution in [2.24, 2.45) is 5.73 Å². The third-order valence-corrected chi connectivity index (χ3v) is 3.70. The fraction of sp³-hybridized carbons (Fsp3) is 0.562. The topological polar surface area (TPSA) is 73.6 Å². The molecule has 0 heterocycles. The van der Waals surface area contributed by atoms with Gasteiger partial charge in [-0.25, -0.2) is 0 Å². The summed E-state index contributed by atoms with van der Waals surface area (Å²) >= 11 is 0. The summed E-state index contributed by atoms with van der Waals surface area (Å²) in [6.45, 7) is 2.10. The molecule has 1 aliphatic rings. The average Bonchev–Trinajstić information content (AvgIpc) is 2.97. The summed E-state index contributed by atoms with van der Waals surface area (Å²) in [7, 11) is 1.63. The highest BCUT2D eigenvalue weighted by Gasteiger charge is 2.18. The molecule has 0 saturated heterocycles. The molecule has 0 spiro atoms. The summed E-state index contributed by atoms with van der Waals surface area (Å²) in [6, 6.07) is 5.22. The Morgan fingerprint density at radius 3 is 2.64 bits per heavy atom. The van der Waals surface area contributed by atoms with E-state index in [4.69, 9.17) is 15.2 Å². The van der Waals surface area contributed by atoms with Crippen molar-refractivity contribution >= 4 is 18.3 Å². The van der Waals surface area contributed by atoms with E-state index in [-0.39, 0.29) is 24.4 Å². The first-order chi connectivity index (χ1) is 10.1. The zero-order valence-corrected chi connectivity index (χ0v) is 13.9. The molecule has 0 aromatic heterocycles. The Morgan fingerprint density at radius 2 is 2.05 bits per heavy atom. The summed E-state index contributed by atoms with van der Waals surface area (Å²) in [5.41, 5.74) is 6.50. The Labute approximate surface area is 138 Å². The van der Waals surface area contributed by atoms with Crippen LogP contribution in [0.25, 0.3) is 0 Å². The normalized spacial score (nSPS) is 15.8. The molecular formula is C16H25ClN2O3. The van der Waals surface area contributed by atoms with Crippen molar-refractivity contribution in [3.05, 3.63) is 23.8 Å². The van der Waals surface area contributed by atoms with Crippen molar-refractivity contribution in [3.8, 4) is 11.5 Å². The van der Waals surface area contributed by atoms with Crippen LogP contribution < -0.4 is 20.5 Å². The minimum Gasteiger partial charge on any atom is -0.493 e. The Kier molecular flexibility index (Phi) is 7.48. The van der Waals surface area contributed by atoms with Gasteiger partial charge in [0.2, 0.25) is 5.91 Å². The number of hydrogen-bond donors (Lipinski definition) is 2. The molecule has 6 heteroatoms. The van der Waals surface area contributed by atoms with Crippen molar-refractivity contribution in [2.75, 3.05) is 7.11 Å². The van der Waals surface area contributed by atoms with Crippen molar-refractivity contribution in [1.82, 2.24) is 5.32 Å². The molecule has 1 saturated carbocycles. The van der Waals surface area contributed by atoms with E-state index in [0.29, 0.717) is 6.54 Å². The van der Waals surface area contributed by atoms with E-state index in [9.17, 15) is 4.79 Å². The third kappa shape index (κ3) is 5.07. The van der Waals surface area contributed by atoms with Gasteiger partial charge in [0.15, 0.2) is 11.5 Å². The average molecular weight is 329 g/mol. The summed E-state index contributed by atoms with van der Waals surface area (Å²) in [4.78, 5) is 11.5. The van der Waals surface area contributed by atoms with E-state index in [1.807, 2.05) is 18.2 Å². The smallest absolute Gasteiger partial charge is 0.236 e. The number of nitrogens with two attached hydrogens (primary N) is 1. The van der Waals surface area contributed by atoms with Gasteiger partial charge in [-0.15, -0.1) is 12.4 Å². The van der Waals surface area contributed by atoms with Gasteiger partial charge in [-0.05, 0) is 50.3 Å². The van der Waals surface area contributed by atoms with Gasteiger partial charge in [0.25, 0.3) is 0 Å². The Bertz CT molecular complexity index is 488. The van der Waals surface area contributed by atoms with Gasteiger partial charge in [0, 0.05) is 6.54 Å². The van der Waals surface area contributed by atoms with Crippen LogP contribution in [0.15, 0.2) is 18.2 Å². The van der Waals surface area contributed by atoms with Gasteiger partial charge in [0.05, 0.1) is 19.3 Å². The third-order valence-electron chi connectivity index (χ3n) is 3.70. The van der Waals surface area contributed by atoms with Gasteiger partial charge in [-0.2, -0.15) is 0 Å². The highest BCUT2D eigenvalue weighted by molar-refractivity contribution is 5.85. The molecule has 5 nitrogen and oxygen atoms in total. The Hall–Kier alpha value is -1.46. The molecule has 3 N–H and O–H groups in total. The van der Waals surface area contributed by atoms with Crippen molar-refractivity contribution in [2.45, 2.75) is 51.3 Å². The molecule has 1 aromatic carbocycles. The lowest BCUT2D eigenvalue weighted by molar-refractivity contribution is -0.122. The molecule has 0 radical (unpaired) electrons. The molecule has 0 aliphatic heterocycles. The second-order valence-corrected chi connectivity index (χ2v) is 5.52. The first-order valence-corrected chi connectivity index (χ1v) is 7.47. The van der Waals surface area contributed by atoms with E-state index in [1.54, 1.807) is 14.0 Å². The number of nitrogens with one attached hydrogen (secondary N) is 1. The van der Waals surface area contributed by atoms with E-state index < -0.39 is 6.04 Å². The second-order valence-electron chi connectivity index (χ2n) is 5.52. The number of carbonyl (C=O) groups is 1. The fourth-order valence-electron chi connectivity index (χ4n) is 2.46. The standard InChI is InChI=1S/C16H24N2O3.ClH/c1-11(17)16(19)18-10-12-7-8-14(20-2)15(9-12)21-13-5-3-4-6-13;/h7-9,11,13H,3-6,10,17H2,1-2H3,(H,18,19);1H/t11-;/m1./s1. The number of rotatable bonds is 6. The highest BCUT2D eigenvalue weighted by Crippen LogP contribution is 2.32. The molecule has 2 rings (SSSR count). The molecule has 0 bridgehead atoms. The fourth-order valence-corrected chi connectivity index (χ4v) is 2.46. The Morgan fingerprint density at radius 1 is 1.36 bits per heavy atom. The first kappa shape index (κ1) is 18.6. The number of carbonyl (C=O) groups excluding carboxylic acids is 1. The SMILES string of the molecule is COc1ccc(CNC(=O)[C@@H](C)N)cc1OC1CCCC1.Cl. The molecule has 1 aliphatic carbocycles. The van der Waals surface area contributed by atoms with Crippen LogP contribution in [0, 0.1) is 0 Å². The summed E-state index contributed by atoms with van der Waals surface area (Å²) < 4.78 is 11.4. The largest absolute Gasteiger partial charge is 0.493 e. The number of halogens is 1. The predicted octanol–water partition coefficient (Wildman–Crippen LogP) is 2.40. The molecule has 124 valence electrons. The van der Waals surface area contributed by atoms with Gasteiger partial charge < -0.3 is 20.5 Å². The van der Waals surface area contributed by atoms with Crippen molar-refractivity contribution < 1.29 is 14.3 Å². The molecular weight excluding hydrogens is 304 g/mol. The zero-order valence-electron chi connectivity index (χ0n) is 13.1. The molecule has 1 fully saturated rings. The molecule has 22 heavy (non-hydrogen) atoms. The second kappa shape index (κ2) is 8.86. The van der Waals surface area contributed by atoms with E-state index >= 15 is 0 Å². The molecule has 1 atom stereocenters. The predicted molar refractivity (Wildman–Crippen MR) is 88.6 cm³/mol. The molecule has 0 unspecified atom stereocenters. The zero-order chi connectivity index (χ0) is 15.2. The quantitative estimate of drug-likeness (QED) is 0.841. The summed E-state index contributed by atoms with van der Waals surface area (Å²) in [6.07, 6.45) is 4.89. The lowest BCUT2D eigenvalue weighted by atomic mass is 10.2. The number of ether oxygens (including phenoxy) is 2. The maximum Gasteiger partial charge on any atom is 0.236 e. The minimum atomic E-state index is -0.502. The number of amides is 1. The van der Waals surface area contributed by atoms with E-state index in [2.05, 4.69) is 5.32 Å². The van der Waals surface area contributed by atoms with Crippen molar-refractivity contribution in [1.29, 1.82) is 0 Å². The maximum absolute atomic E-state index is 11.5. The molecule has 1 amide bonds. The van der Waals surface area contributed by atoms with Crippen LogP contribution >= 0.6 is 12.4 Å². The first-order valence-electron chi connectivity index (χ1n) is 7.47. The number of hydrogen-bond acceptors (Lipinski definition) is 4. The van der Waals surface area contributed by atoms with Crippen LogP contribution in [-0.2, 0) is 11.3 Å². The lowest BCUT2D eigenvalue weighted by Gasteiger charge is -2.17. The number of benzene rings is 1. The van der Waals surface area contributed by atoms with Gasteiger partial charge in [0.1, 0.15) is 0 Å². The minimum absolute atomic E-state index is 0. The van der Waals surface area contributed by atoms with Gasteiger partial charge in [-0.1, -0.05) is 6.07 Å². The lowest BCUT2D eigenvalue weighted by Crippen LogP contribution is -2.37. The van der Waals surface area contributed by atoms with Crippen LogP contribution in [0.1, 0.15) is 38.2 Å². The van der Waals surface area contributed by atoms with Crippen LogP contribution in [0.3, 0.4) is 0 Å². The summed E-state index contributed by atoms with van der Waals surface area (Å²) in [5, 5.41) is 2.80. The van der Waals surface area contributed by atoms with Crippen molar-refractivity contribution in [3.63, 3.8) is 0 Å². The van der Waals surface area contributed by atoms with E-state index in [0.717, 1.165) is 29.9 Å². The van der Waals surface area contributed by atoms with Crippen LogP contribution in [0.4, 0.5) is 0 Å². The monoisotopic (exact) mass is 328 g/mol.